The van der Waals surface area contributed by atoms with Gasteiger partial charge in [-0.05, 0) is 48.3 Å². The quantitative estimate of drug-likeness (QED) is 0.480. The Morgan fingerprint density at radius 1 is 1.28 bits per heavy atom. The van der Waals surface area contributed by atoms with E-state index in [9.17, 15) is 21.6 Å². The molecule has 7 nitrogen and oxygen atoms in total. The molecular formula is C21H22F3NO6S. The van der Waals surface area contributed by atoms with E-state index < -0.39 is 15.6 Å². The number of hydrogen-bond acceptors (Lipinski definition) is 7. The van der Waals surface area contributed by atoms with Gasteiger partial charge in [0.1, 0.15) is 18.5 Å². The number of halogens is 3. The van der Waals surface area contributed by atoms with Crippen molar-refractivity contribution in [1.82, 2.24) is 4.90 Å². The lowest BCUT2D eigenvalue weighted by Crippen LogP contribution is -2.36. The van der Waals surface area contributed by atoms with Crippen LogP contribution < -0.4 is 4.18 Å². The smallest absolute Gasteiger partial charge is 0.476 e. The second kappa shape index (κ2) is 8.45. The first kappa shape index (κ1) is 22.7. The molecule has 0 amide bonds. The molecule has 1 saturated heterocycles. The van der Waals surface area contributed by atoms with E-state index >= 15 is 0 Å². The molecule has 174 valence electrons. The normalized spacial score (nSPS) is 21.6. The van der Waals surface area contributed by atoms with Crippen LogP contribution in [-0.4, -0.2) is 57.9 Å². The van der Waals surface area contributed by atoms with Gasteiger partial charge in [0.15, 0.2) is 5.88 Å². The molecule has 3 heterocycles. The van der Waals surface area contributed by atoms with Crippen LogP contribution in [0.1, 0.15) is 18.1 Å². The maximum absolute atomic E-state index is 12.7. The Morgan fingerprint density at radius 2 is 2.06 bits per heavy atom. The maximum Gasteiger partial charge on any atom is 0.534 e. The topological polar surface area (TPSA) is 74.3 Å². The average molecular weight is 473 g/mol. The van der Waals surface area contributed by atoms with Gasteiger partial charge in [0, 0.05) is 18.2 Å². The van der Waals surface area contributed by atoms with Crippen LogP contribution in [0.5, 0.6) is 5.75 Å². The highest BCUT2D eigenvalue weighted by Crippen LogP contribution is 2.41. The molecule has 0 spiro atoms. The van der Waals surface area contributed by atoms with Crippen molar-refractivity contribution in [3.63, 3.8) is 0 Å². The number of benzene rings is 1. The predicted octanol–water partition coefficient (Wildman–Crippen LogP) is 3.35. The molecular weight excluding hydrogens is 451 g/mol. The lowest BCUT2D eigenvalue weighted by molar-refractivity contribution is -0.111. The van der Waals surface area contributed by atoms with Gasteiger partial charge < -0.3 is 23.3 Å². The molecule has 32 heavy (non-hydrogen) atoms. The molecule has 4 rings (SSSR count). The lowest BCUT2D eigenvalue weighted by Gasteiger charge is -2.39. The molecule has 1 fully saturated rings. The first-order valence-electron chi connectivity index (χ1n) is 9.92. The second-order valence-corrected chi connectivity index (χ2v) is 9.10. The van der Waals surface area contributed by atoms with E-state index in [4.69, 9.17) is 14.2 Å². The number of fused-ring (bicyclic) bond motifs is 3. The van der Waals surface area contributed by atoms with Crippen molar-refractivity contribution >= 4 is 15.8 Å². The Kier molecular flexibility index (Phi) is 5.99. The Labute approximate surface area is 183 Å². The van der Waals surface area contributed by atoms with Crippen molar-refractivity contribution in [2.75, 3.05) is 33.0 Å². The number of rotatable bonds is 5. The van der Waals surface area contributed by atoms with Crippen LogP contribution in [0.3, 0.4) is 0 Å². The number of allylic oxidation sites excluding steroid dienone is 3. The summed E-state index contributed by atoms with van der Waals surface area (Å²) in [5.41, 5.74) is -1.65. The fourth-order valence-corrected chi connectivity index (χ4v) is 4.22. The summed E-state index contributed by atoms with van der Waals surface area (Å²) in [6, 6.07) is 4.08. The largest absolute Gasteiger partial charge is 0.534 e. The van der Waals surface area contributed by atoms with Crippen LogP contribution in [0.25, 0.3) is 5.70 Å². The second-order valence-electron chi connectivity index (χ2n) is 7.56. The molecule has 3 aliphatic rings. The van der Waals surface area contributed by atoms with Gasteiger partial charge in [0.05, 0.1) is 25.5 Å². The number of hydrogen-bond donors (Lipinski definition) is 0. The molecule has 1 aromatic carbocycles. The van der Waals surface area contributed by atoms with Crippen LogP contribution in [0.4, 0.5) is 13.2 Å². The highest BCUT2D eigenvalue weighted by molar-refractivity contribution is 7.88. The fourth-order valence-electron chi connectivity index (χ4n) is 3.77. The first-order chi connectivity index (χ1) is 15.1. The Bertz CT molecular complexity index is 1090. The number of ether oxygens (including phenoxy) is 3. The van der Waals surface area contributed by atoms with E-state index in [-0.39, 0.29) is 11.9 Å². The molecule has 0 N–H and O–H groups in total. The fraction of sp³-hybridized carbons (Fsp3) is 0.429. The molecule has 1 aromatic rings. The minimum absolute atomic E-state index is 0.180. The molecule has 0 saturated carbocycles. The first-order valence-corrected chi connectivity index (χ1v) is 11.3. The van der Waals surface area contributed by atoms with Crippen LogP contribution in [0.2, 0.25) is 0 Å². The van der Waals surface area contributed by atoms with Crippen LogP contribution in [-0.2, 0) is 30.7 Å². The van der Waals surface area contributed by atoms with Gasteiger partial charge in [-0.15, -0.1) is 0 Å². The molecule has 0 bridgehead atoms. The van der Waals surface area contributed by atoms with Gasteiger partial charge in [-0.1, -0.05) is 6.58 Å². The standard InChI is InChI=1S/C21H22F3NO6S/c1-13-9-19(30-12-17-11-28-7-8-29-17)25-6-5-15-10-16(31-32(26,27)21(22,23)24)3-4-18(15)20(25)14(13)2/h3-4,9-10,17H,1,5-8,11-12H2,2H3/t17-/m0/s1. The van der Waals surface area contributed by atoms with Gasteiger partial charge in [0.25, 0.3) is 0 Å². The van der Waals surface area contributed by atoms with E-state index in [0.29, 0.717) is 50.8 Å². The van der Waals surface area contributed by atoms with Crippen LogP contribution >= 0.6 is 0 Å². The summed E-state index contributed by atoms with van der Waals surface area (Å²) in [4.78, 5) is 1.98. The monoisotopic (exact) mass is 473 g/mol. The minimum atomic E-state index is -5.73. The minimum Gasteiger partial charge on any atom is -0.476 e. The Morgan fingerprint density at radius 3 is 2.75 bits per heavy atom. The van der Waals surface area contributed by atoms with Gasteiger partial charge in [-0.3, -0.25) is 0 Å². The summed E-state index contributed by atoms with van der Waals surface area (Å²) in [5, 5.41) is 0. The molecule has 0 unspecified atom stereocenters. The molecule has 0 aliphatic carbocycles. The molecule has 3 aliphatic heterocycles. The van der Waals surface area contributed by atoms with Crippen molar-refractivity contribution < 1.29 is 40.0 Å². The van der Waals surface area contributed by atoms with Gasteiger partial charge in [-0.2, -0.15) is 21.6 Å². The maximum atomic E-state index is 12.7. The van der Waals surface area contributed by atoms with Gasteiger partial charge in [-0.25, -0.2) is 0 Å². The Hall–Kier alpha value is -2.50. The van der Waals surface area contributed by atoms with E-state index in [1.807, 2.05) is 17.9 Å². The van der Waals surface area contributed by atoms with E-state index in [2.05, 4.69) is 10.8 Å². The van der Waals surface area contributed by atoms with Crippen LogP contribution in [0.15, 0.2) is 47.9 Å². The molecule has 11 heteroatoms. The zero-order chi connectivity index (χ0) is 23.1. The Balaban J connectivity index is 1.57. The van der Waals surface area contributed by atoms with E-state index in [1.165, 1.54) is 12.1 Å². The summed E-state index contributed by atoms with van der Waals surface area (Å²) >= 11 is 0. The third-order valence-electron chi connectivity index (χ3n) is 5.40. The predicted molar refractivity (Wildman–Crippen MR) is 109 cm³/mol. The highest BCUT2D eigenvalue weighted by atomic mass is 32.2. The van der Waals surface area contributed by atoms with Crippen molar-refractivity contribution in [2.45, 2.75) is 25.0 Å². The number of alkyl halides is 3. The van der Waals surface area contributed by atoms with E-state index in [0.717, 1.165) is 22.4 Å². The van der Waals surface area contributed by atoms with Gasteiger partial charge in [0.2, 0.25) is 0 Å². The zero-order valence-electron chi connectivity index (χ0n) is 17.3. The molecule has 1 atom stereocenters. The molecule has 0 aromatic heterocycles. The number of nitrogens with zero attached hydrogens (tertiary/aromatic N) is 1. The van der Waals surface area contributed by atoms with Crippen molar-refractivity contribution in [2.24, 2.45) is 0 Å². The third kappa shape index (κ3) is 4.37. The van der Waals surface area contributed by atoms with E-state index in [1.54, 1.807) is 6.07 Å². The third-order valence-corrected chi connectivity index (χ3v) is 6.38. The summed E-state index contributed by atoms with van der Waals surface area (Å²) in [6.07, 6.45) is 2.10. The van der Waals surface area contributed by atoms with Crippen molar-refractivity contribution in [3.8, 4) is 5.75 Å². The van der Waals surface area contributed by atoms with Gasteiger partial charge >= 0.3 is 15.6 Å². The van der Waals surface area contributed by atoms with Crippen LogP contribution in [0, 0.1) is 0 Å². The summed E-state index contributed by atoms with van der Waals surface area (Å²) < 4.78 is 81.9. The average Bonchev–Trinajstić information content (AvgIpc) is 2.74. The summed E-state index contributed by atoms with van der Waals surface area (Å²) in [5.74, 6) is 0.208. The molecule has 0 radical (unpaired) electrons. The summed E-state index contributed by atoms with van der Waals surface area (Å²) in [6.45, 7) is 8.26. The van der Waals surface area contributed by atoms with Crippen molar-refractivity contribution in [1.29, 1.82) is 0 Å². The summed E-state index contributed by atoms with van der Waals surface area (Å²) in [7, 11) is -5.73. The highest BCUT2D eigenvalue weighted by Gasteiger charge is 2.48. The lowest BCUT2D eigenvalue weighted by atomic mass is 9.90. The zero-order valence-corrected chi connectivity index (χ0v) is 18.1. The SMILES string of the molecule is C=C1C=C(OC[C@@H]2COCCO2)N2CCc3cc(OS(=O)(=O)C(F)(F)F)ccc3C2=C1C. The van der Waals surface area contributed by atoms with Crippen molar-refractivity contribution in [3.05, 3.63) is 59.0 Å².